The molecular weight excluding hydrogens is 155 g/mol. The third kappa shape index (κ3) is 2.26. The van der Waals surface area contributed by atoms with E-state index in [0.29, 0.717) is 0 Å². The van der Waals surface area contributed by atoms with Crippen LogP contribution in [0.4, 0.5) is 0 Å². The van der Waals surface area contributed by atoms with Crippen LogP contribution in [0, 0.1) is 11.3 Å². The molecule has 0 heterocycles. The first-order chi connectivity index (χ1) is 4.83. The van der Waals surface area contributed by atoms with Crippen molar-refractivity contribution in [3.05, 3.63) is 0 Å². The van der Waals surface area contributed by atoms with Gasteiger partial charge in [0.05, 0.1) is 0 Å². The molecule has 0 bridgehead atoms. The van der Waals surface area contributed by atoms with E-state index in [2.05, 4.69) is 0 Å². The van der Waals surface area contributed by atoms with Gasteiger partial charge in [0, 0.05) is 0 Å². The molecule has 0 aromatic heterocycles. The Balaban J connectivity index is -0.000000500. The van der Waals surface area contributed by atoms with Crippen LogP contribution in [-0.2, 0) is 9.59 Å². The normalized spacial score (nSPS) is 10.7. The molecule has 0 aliphatic carbocycles. The van der Waals surface area contributed by atoms with E-state index in [1.807, 2.05) is 0 Å². The zero-order valence-corrected chi connectivity index (χ0v) is 7.79. The van der Waals surface area contributed by atoms with E-state index in [-0.39, 0.29) is 20.3 Å². The maximum Gasteiger partial charge on any atom is 1.00 e. The van der Waals surface area contributed by atoms with Crippen molar-refractivity contribution in [1.29, 1.82) is 0 Å². The average Bonchev–Trinajstić information content (AvgIpc) is 1.84. The van der Waals surface area contributed by atoms with Crippen molar-refractivity contribution < 1.29 is 40.1 Å². The van der Waals surface area contributed by atoms with Crippen LogP contribution in [0.2, 0.25) is 0 Å². The van der Waals surface area contributed by atoms with Crippen LogP contribution in [-0.4, -0.2) is 22.2 Å². The number of rotatable bonds is 3. The van der Waals surface area contributed by atoms with Gasteiger partial charge >= 0.3 is 30.8 Å². The SMILES string of the molecule is CC(C)C(C)(C(=O)O)C(=O)O.[H-].[Li+]. The van der Waals surface area contributed by atoms with E-state index >= 15 is 0 Å². The molecule has 66 valence electrons. The van der Waals surface area contributed by atoms with Gasteiger partial charge in [0.2, 0.25) is 0 Å². The van der Waals surface area contributed by atoms with Crippen molar-refractivity contribution in [3.63, 3.8) is 0 Å². The third-order valence-electron chi connectivity index (χ3n) is 2.04. The van der Waals surface area contributed by atoms with Crippen LogP contribution in [0.3, 0.4) is 0 Å². The van der Waals surface area contributed by atoms with Crippen molar-refractivity contribution in [1.82, 2.24) is 0 Å². The van der Waals surface area contributed by atoms with Crippen molar-refractivity contribution in [2.75, 3.05) is 0 Å². The van der Waals surface area contributed by atoms with Gasteiger partial charge in [0.15, 0.2) is 5.41 Å². The summed E-state index contributed by atoms with van der Waals surface area (Å²) >= 11 is 0. The van der Waals surface area contributed by atoms with Gasteiger partial charge in [-0.2, -0.15) is 0 Å². The molecule has 0 saturated carbocycles. The summed E-state index contributed by atoms with van der Waals surface area (Å²) in [6.45, 7) is 4.35. The summed E-state index contributed by atoms with van der Waals surface area (Å²) in [6.07, 6.45) is 0. The molecule has 0 unspecified atom stereocenters. The summed E-state index contributed by atoms with van der Waals surface area (Å²) in [4.78, 5) is 21.0. The molecule has 0 aromatic carbocycles. The molecule has 0 aliphatic heterocycles. The van der Waals surface area contributed by atoms with Gasteiger partial charge in [-0.1, -0.05) is 13.8 Å². The summed E-state index contributed by atoms with van der Waals surface area (Å²) in [5, 5.41) is 17.2. The second-order valence-electron chi connectivity index (χ2n) is 2.97. The third-order valence-corrected chi connectivity index (χ3v) is 2.04. The molecule has 0 saturated heterocycles. The Bertz CT molecular complexity index is 179. The van der Waals surface area contributed by atoms with E-state index in [4.69, 9.17) is 10.2 Å². The second kappa shape index (κ2) is 4.54. The van der Waals surface area contributed by atoms with Gasteiger partial charge in [0.25, 0.3) is 0 Å². The Hall–Kier alpha value is -0.463. The van der Waals surface area contributed by atoms with Gasteiger partial charge in [-0.05, 0) is 12.8 Å². The Morgan fingerprint density at radius 3 is 1.50 bits per heavy atom. The fourth-order valence-electron chi connectivity index (χ4n) is 0.585. The minimum Gasteiger partial charge on any atom is -1.00 e. The monoisotopic (exact) mass is 168 g/mol. The molecule has 0 aliphatic rings. The van der Waals surface area contributed by atoms with Crippen molar-refractivity contribution >= 4 is 11.9 Å². The quantitative estimate of drug-likeness (QED) is 0.375. The molecule has 0 rings (SSSR count). The van der Waals surface area contributed by atoms with Crippen LogP contribution in [0.5, 0.6) is 0 Å². The average molecular weight is 168 g/mol. The van der Waals surface area contributed by atoms with Crippen LogP contribution >= 0.6 is 0 Å². The zero-order valence-electron chi connectivity index (χ0n) is 8.79. The Labute approximate surface area is 84.6 Å². The van der Waals surface area contributed by atoms with Gasteiger partial charge in [-0.3, -0.25) is 9.59 Å². The fraction of sp³-hybridized carbons (Fsp3) is 0.714. The molecule has 5 heteroatoms. The topological polar surface area (TPSA) is 74.6 Å². The largest absolute Gasteiger partial charge is 1.00 e. The van der Waals surface area contributed by atoms with E-state index in [9.17, 15) is 9.59 Å². The second-order valence-corrected chi connectivity index (χ2v) is 2.97. The van der Waals surface area contributed by atoms with Crippen LogP contribution in [0.1, 0.15) is 22.2 Å². The first kappa shape index (κ1) is 14.1. The fourth-order valence-corrected chi connectivity index (χ4v) is 0.585. The maximum absolute atomic E-state index is 10.5. The van der Waals surface area contributed by atoms with Crippen molar-refractivity contribution in [2.45, 2.75) is 20.8 Å². The molecule has 4 nitrogen and oxygen atoms in total. The molecule has 2 N–H and O–H groups in total. The Kier molecular flexibility index (Phi) is 5.32. The first-order valence-electron chi connectivity index (χ1n) is 3.30. The molecule has 0 fully saturated rings. The molecular formula is C7H13LiO4. The van der Waals surface area contributed by atoms with Crippen molar-refractivity contribution in [3.8, 4) is 0 Å². The van der Waals surface area contributed by atoms with Crippen LogP contribution < -0.4 is 18.9 Å². The summed E-state index contributed by atoms with van der Waals surface area (Å²) < 4.78 is 0. The molecule has 0 aromatic rings. The van der Waals surface area contributed by atoms with Crippen molar-refractivity contribution in [2.24, 2.45) is 11.3 Å². The summed E-state index contributed by atoms with van der Waals surface area (Å²) in [6, 6.07) is 0. The Morgan fingerprint density at radius 1 is 1.25 bits per heavy atom. The van der Waals surface area contributed by atoms with Gasteiger partial charge in [-0.25, -0.2) is 0 Å². The smallest absolute Gasteiger partial charge is 1.00 e. The molecule has 0 amide bonds. The van der Waals surface area contributed by atoms with E-state index < -0.39 is 23.3 Å². The number of hydrogen-bond acceptors (Lipinski definition) is 2. The summed E-state index contributed by atoms with van der Waals surface area (Å²) in [7, 11) is 0. The first-order valence-corrected chi connectivity index (χ1v) is 3.30. The maximum atomic E-state index is 10.5. The zero-order chi connectivity index (χ0) is 9.23. The number of hydrogen-bond donors (Lipinski definition) is 2. The van der Waals surface area contributed by atoms with Gasteiger partial charge < -0.3 is 11.6 Å². The van der Waals surface area contributed by atoms with Crippen LogP contribution in [0.25, 0.3) is 0 Å². The summed E-state index contributed by atoms with van der Waals surface area (Å²) in [5.41, 5.74) is -1.67. The number of aliphatic carboxylic acids is 2. The number of carboxylic acid groups (broad SMARTS) is 2. The minimum atomic E-state index is -1.67. The van der Waals surface area contributed by atoms with E-state index in [0.717, 1.165) is 0 Å². The van der Waals surface area contributed by atoms with Gasteiger partial charge in [-0.15, -0.1) is 0 Å². The predicted octanol–water partition coefficient (Wildman–Crippen LogP) is -2.07. The van der Waals surface area contributed by atoms with Gasteiger partial charge in [0.1, 0.15) is 0 Å². The number of carbonyl (C=O) groups is 2. The predicted molar refractivity (Wildman–Crippen MR) is 39.3 cm³/mol. The molecule has 0 radical (unpaired) electrons. The van der Waals surface area contributed by atoms with Crippen LogP contribution in [0.15, 0.2) is 0 Å². The standard InChI is InChI=1S/C7H12O4.Li.H/c1-4(2)7(3,5(8)9)6(10)11;;/h4H,1-3H3,(H,8,9)(H,10,11);;/q;+1;-1. The minimum absolute atomic E-state index is 0. The Morgan fingerprint density at radius 2 is 1.50 bits per heavy atom. The number of carboxylic acids is 2. The molecule has 0 atom stereocenters. The molecule has 0 spiro atoms. The van der Waals surface area contributed by atoms with E-state index in [1.165, 1.54) is 6.92 Å². The summed E-state index contributed by atoms with van der Waals surface area (Å²) in [5.74, 6) is -3.00. The van der Waals surface area contributed by atoms with E-state index in [1.54, 1.807) is 13.8 Å². The molecule has 12 heavy (non-hydrogen) atoms.